The van der Waals surface area contributed by atoms with Gasteiger partial charge in [0.05, 0.1) is 16.5 Å². The highest BCUT2D eigenvalue weighted by Crippen LogP contribution is 2.33. The maximum Gasteiger partial charge on any atom is 0.419 e. The normalized spacial score (nSPS) is 15.4. The summed E-state index contributed by atoms with van der Waals surface area (Å²) in [6.45, 7) is 9.52. The third-order valence-electron chi connectivity index (χ3n) is 11.7. The lowest BCUT2D eigenvalue weighted by molar-refractivity contribution is -0.140. The molecule has 5 aromatic rings. The number of nitrogens with one attached hydrogen (secondary N) is 3. The maximum absolute atomic E-state index is 13.5. The van der Waals surface area contributed by atoms with Gasteiger partial charge in [0.1, 0.15) is 36.0 Å². The summed E-state index contributed by atoms with van der Waals surface area (Å²) in [5.74, 6) is 0.173. The molecule has 0 radical (unpaired) electrons. The van der Waals surface area contributed by atoms with Crippen LogP contribution in [0.4, 0.5) is 29.1 Å². The van der Waals surface area contributed by atoms with Crippen molar-refractivity contribution >= 4 is 46.0 Å². The third kappa shape index (κ3) is 13.3. The van der Waals surface area contributed by atoms with Gasteiger partial charge in [0.25, 0.3) is 0 Å². The molecule has 344 valence electrons. The first kappa shape index (κ1) is 48.0. The van der Waals surface area contributed by atoms with Crippen molar-refractivity contribution in [1.29, 1.82) is 0 Å². The Labute approximate surface area is 375 Å². The van der Waals surface area contributed by atoms with Crippen molar-refractivity contribution in [2.75, 3.05) is 63.0 Å². The Balaban J connectivity index is 0.000000222. The van der Waals surface area contributed by atoms with Crippen LogP contribution in [-0.4, -0.2) is 94.5 Å². The summed E-state index contributed by atoms with van der Waals surface area (Å²) in [5, 5.41) is 7.94. The number of unbranched alkanes of at least 4 members (excludes halogenated alkanes) is 2. The van der Waals surface area contributed by atoms with E-state index in [9.17, 15) is 27.2 Å². The summed E-state index contributed by atoms with van der Waals surface area (Å²) in [6, 6.07) is 17.3. The van der Waals surface area contributed by atoms with E-state index in [2.05, 4.69) is 42.3 Å². The zero-order valence-corrected chi connectivity index (χ0v) is 36.8. The molecule has 7 N–H and O–H groups in total. The van der Waals surface area contributed by atoms with Crippen LogP contribution in [0.25, 0.3) is 11.0 Å². The van der Waals surface area contributed by atoms with Crippen LogP contribution in [0, 0.1) is 5.82 Å². The van der Waals surface area contributed by atoms with Gasteiger partial charge in [-0.3, -0.25) is 9.59 Å². The second-order valence-corrected chi connectivity index (χ2v) is 16.6. The van der Waals surface area contributed by atoms with E-state index in [1.54, 1.807) is 24.5 Å². The Morgan fingerprint density at radius 3 is 2.36 bits per heavy atom. The molecule has 2 aliphatic rings. The minimum Gasteiger partial charge on any atom is -0.489 e. The quantitative estimate of drug-likeness (QED) is 0.0393. The molecule has 2 aromatic heterocycles. The molecule has 0 atom stereocenters. The summed E-state index contributed by atoms with van der Waals surface area (Å²) in [6.07, 6.45) is 3.02. The predicted molar refractivity (Wildman–Crippen MR) is 241 cm³/mol. The lowest BCUT2D eigenvalue weighted by Gasteiger charge is -2.38. The fourth-order valence-corrected chi connectivity index (χ4v) is 7.86. The molecule has 2 fully saturated rings. The van der Waals surface area contributed by atoms with Crippen molar-refractivity contribution in [3.8, 4) is 5.75 Å². The molecule has 0 aliphatic carbocycles. The molecular weight excluding hydrogens is 852 g/mol. The predicted octanol–water partition coefficient (Wildman–Crippen LogP) is 7.05. The number of nitrogens with zero attached hydrogens (tertiary/aromatic N) is 5. The number of likely N-dealkylation sites (N-methyl/N-ethyl adjacent to an activating group) is 1. The van der Waals surface area contributed by atoms with Gasteiger partial charge in [-0.2, -0.15) is 13.2 Å². The van der Waals surface area contributed by atoms with Gasteiger partial charge in [-0.05, 0) is 98.4 Å². The Morgan fingerprint density at radius 1 is 0.906 bits per heavy atom. The van der Waals surface area contributed by atoms with E-state index in [0.29, 0.717) is 61.9 Å². The van der Waals surface area contributed by atoms with Gasteiger partial charge in [0.2, 0.25) is 11.8 Å². The van der Waals surface area contributed by atoms with Crippen LogP contribution >= 0.6 is 11.6 Å². The average molecular weight is 909 g/mol. The number of piperazine rings is 1. The Hall–Kier alpha value is -5.49. The Morgan fingerprint density at radius 2 is 1.64 bits per heavy atom. The van der Waals surface area contributed by atoms with Crippen LogP contribution in [0.2, 0.25) is 5.02 Å². The molecule has 3 aromatic carbocycles. The largest absolute Gasteiger partial charge is 0.489 e. The fourth-order valence-electron chi connectivity index (χ4n) is 7.73. The van der Waals surface area contributed by atoms with E-state index in [1.807, 2.05) is 41.4 Å². The number of piperidine rings is 1. The number of carbonyl (C=O) groups excluding carboxylic acids is 2. The SMILES string of the molecule is CCN1CCN(C(=O)CCCCCNCc2cc(N)ccc2OCc2ccc(F)c(C(F)(F)F)c2)CC1.NC1(C(=O)NCc2ccc(Cl)cc2)CCN(c2ncnc3[nH]ccc23)CC1. The van der Waals surface area contributed by atoms with Gasteiger partial charge in [-0.15, -0.1) is 0 Å². The fraction of sp³-hybridized carbons (Fsp3) is 0.435. The number of aromatic amines is 1. The number of hydrogen-bond donors (Lipinski definition) is 5. The molecule has 0 unspecified atom stereocenters. The molecule has 7 rings (SSSR count). The van der Waals surface area contributed by atoms with Gasteiger partial charge < -0.3 is 46.5 Å². The molecule has 18 heteroatoms. The number of fused-ring (bicyclic) bond motifs is 1. The molecule has 4 heterocycles. The van der Waals surface area contributed by atoms with Crippen molar-refractivity contribution < 1.29 is 31.9 Å². The minimum atomic E-state index is -4.77. The van der Waals surface area contributed by atoms with Crippen LogP contribution in [-0.2, 0) is 35.5 Å². The number of alkyl halides is 3. The van der Waals surface area contributed by atoms with Gasteiger partial charge in [0.15, 0.2) is 0 Å². The van der Waals surface area contributed by atoms with E-state index in [0.717, 1.165) is 98.6 Å². The van der Waals surface area contributed by atoms with Gasteiger partial charge in [-0.1, -0.05) is 43.1 Å². The number of nitrogens with two attached hydrogens (primary N) is 2. The van der Waals surface area contributed by atoms with Crippen molar-refractivity contribution in [3.05, 3.63) is 112 Å². The highest BCUT2D eigenvalue weighted by Gasteiger charge is 2.38. The summed E-state index contributed by atoms with van der Waals surface area (Å²) in [4.78, 5) is 43.2. The molecule has 2 amide bonds. The van der Waals surface area contributed by atoms with Crippen LogP contribution < -0.4 is 31.7 Å². The molecule has 13 nitrogen and oxygen atoms in total. The van der Waals surface area contributed by atoms with Gasteiger partial charge >= 0.3 is 6.18 Å². The monoisotopic (exact) mass is 908 g/mol. The van der Waals surface area contributed by atoms with Crippen LogP contribution in [0.1, 0.15) is 67.7 Å². The van der Waals surface area contributed by atoms with Crippen molar-refractivity contribution in [2.45, 2.75) is 76.9 Å². The van der Waals surface area contributed by atoms with Crippen LogP contribution in [0.15, 0.2) is 79.3 Å². The molecule has 0 bridgehead atoms. The van der Waals surface area contributed by atoms with Gasteiger partial charge in [0, 0.05) is 81.2 Å². The molecule has 2 saturated heterocycles. The topological polar surface area (TPSA) is 171 Å². The van der Waals surface area contributed by atoms with E-state index in [4.69, 9.17) is 27.8 Å². The number of rotatable bonds is 16. The molecule has 64 heavy (non-hydrogen) atoms. The standard InChI is InChI=1S/C27H36F4N4O2.C19H21ClN6O/c1-2-34-12-14-35(15-13-34)26(36)6-4-3-5-11-33-18-21-17-22(32)8-10-25(21)37-19-20-7-9-24(28)23(16-20)27(29,30)31;20-14-3-1-13(2-4-14)11-23-18(27)19(21)6-9-26(10-7-19)17-15-5-8-22-16(15)24-12-25-17/h7-10,16-17,33H,2-6,11-15,18-19,32H2,1H3;1-5,8,12H,6-7,9-11,21H2,(H,23,27)(H,22,24,25). The Kier molecular flexibility index (Phi) is 16.8. The minimum absolute atomic E-state index is 0.119. The van der Waals surface area contributed by atoms with Crippen molar-refractivity contribution in [2.24, 2.45) is 5.73 Å². The number of nitrogen functional groups attached to an aromatic ring is 1. The smallest absolute Gasteiger partial charge is 0.419 e. The number of anilines is 2. The first-order chi connectivity index (χ1) is 30.7. The summed E-state index contributed by atoms with van der Waals surface area (Å²) in [5.41, 5.74) is 13.5. The van der Waals surface area contributed by atoms with Crippen molar-refractivity contribution in [1.82, 2.24) is 35.4 Å². The zero-order chi connectivity index (χ0) is 45.7. The van der Waals surface area contributed by atoms with Crippen molar-refractivity contribution in [3.63, 3.8) is 0 Å². The number of hydrogen-bond acceptors (Lipinski definition) is 10. The number of aromatic nitrogens is 3. The third-order valence-corrected chi connectivity index (χ3v) is 11.9. The highest BCUT2D eigenvalue weighted by atomic mass is 35.5. The van der Waals surface area contributed by atoms with E-state index < -0.39 is 23.1 Å². The van der Waals surface area contributed by atoms with E-state index in [1.165, 1.54) is 6.07 Å². The summed E-state index contributed by atoms with van der Waals surface area (Å²) >= 11 is 5.89. The number of H-pyrrole nitrogens is 1. The molecule has 0 saturated carbocycles. The lowest BCUT2D eigenvalue weighted by Crippen LogP contribution is -2.59. The summed E-state index contributed by atoms with van der Waals surface area (Å²) < 4.78 is 58.2. The number of carbonyl (C=O) groups is 2. The first-order valence-electron chi connectivity index (χ1n) is 21.6. The number of ether oxygens (including phenoxy) is 1. The van der Waals surface area contributed by atoms with E-state index >= 15 is 0 Å². The van der Waals surface area contributed by atoms with Crippen LogP contribution in [0.3, 0.4) is 0 Å². The second kappa shape index (κ2) is 22.4. The van der Waals surface area contributed by atoms with Gasteiger partial charge in [-0.25, -0.2) is 14.4 Å². The molecular formula is C46H57ClF4N10O3. The van der Waals surface area contributed by atoms with Crippen LogP contribution in [0.5, 0.6) is 5.75 Å². The zero-order valence-electron chi connectivity index (χ0n) is 36.0. The number of benzene rings is 3. The second-order valence-electron chi connectivity index (χ2n) is 16.2. The molecule has 2 aliphatic heterocycles. The average Bonchev–Trinajstić information content (AvgIpc) is 3.78. The number of halogens is 5. The number of amides is 2. The van der Waals surface area contributed by atoms with E-state index in [-0.39, 0.29) is 24.0 Å². The summed E-state index contributed by atoms with van der Waals surface area (Å²) in [7, 11) is 0. The Bertz CT molecular complexity index is 2300. The lowest BCUT2D eigenvalue weighted by atomic mass is 9.87. The highest BCUT2D eigenvalue weighted by molar-refractivity contribution is 6.30. The maximum atomic E-state index is 13.5. The first-order valence-corrected chi connectivity index (χ1v) is 22.0. The molecule has 0 spiro atoms.